The van der Waals surface area contributed by atoms with E-state index in [0.717, 1.165) is 5.56 Å². The molecule has 0 bridgehead atoms. The van der Waals surface area contributed by atoms with Crippen LogP contribution in [0.4, 0.5) is 5.69 Å². The van der Waals surface area contributed by atoms with Gasteiger partial charge in [0.2, 0.25) is 0 Å². The standard InChI is InChI=1S/C24H24N2O6S/c1-26(14-16-6-11-19(30-2)20(13-16)31-3)22(27)15-32-24(29)17-7-9-18(10-8-17)25-23(28)21-5-4-12-33-21/h4-13H,14-15H2,1-3H3,(H,25,28). The van der Waals surface area contributed by atoms with Crippen LogP contribution in [0.15, 0.2) is 60.0 Å². The number of anilines is 1. The molecule has 0 spiro atoms. The minimum atomic E-state index is -0.626. The van der Waals surface area contributed by atoms with Gasteiger partial charge < -0.3 is 24.4 Å². The Hall–Kier alpha value is -3.85. The van der Waals surface area contributed by atoms with Crippen LogP contribution in [0.25, 0.3) is 0 Å². The van der Waals surface area contributed by atoms with Crippen molar-refractivity contribution in [2.75, 3.05) is 33.2 Å². The van der Waals surface area contributed by atoms with Gasteiger partial charge in [-0.3, -0.25) is 9.59 Å². The van der Waals surface area contributed by atoms with Gasteiger partial charge in [-0.25, -0.2) is 4.79 Å². The summed E-state index contributed by atoms with van der Waals surface area (Å²) in [5.74, 6) is -0.0287. The SMILES string of the molecule is COc1ccc(CN(C)C(=O)COC(=O)c2ccc(NC(=O)c3cccs3)cc2)cc1OC. The molecule has 0 saturated carbocycles. The molecule has 0 saturated heterocycles. The maximum Gasteiger partial charge on any atom is 0.338 e. The average Bonchev–Trinajstić information content (AvgIpc) is 3.38. The van der Waals surface area contributed by atoms with Crippen molar-refractivity contribution in [1.29, 1.82) is 0 Å². The highest BCUT2D eigenvalue weighted by Crippen LogP contribution is 2.28. The lowest BCUT2D eigenvalue weighted by molar-refractivity contribution is -0.133. The van der Waals surface area contributed by atoms with Gasteiger partial charge in [0.05, 0.1) is 24.7 Å². The van der Waals surface area contributed by atoms with Crippen molar-refractivity contribution in [3.8, 4) is 11.5 Å². The van der Waals surface area contributed by atoms with E-state index in [0.29, 0.717) is 28.6 Å². The molecule has 0 aliphatic rings. The first-order valence-electron chi connectivity index (χ1n) is 9.98. The molecule has 172 valence electrons. The molecule has 9 heteroatoms. The number of thiophene rings is 1. The number of likely N-dealkylation sites (N-methyl/N-ethyl adjacent to an activating group) is 1. The Morgan fingerprint density at radius 2 is 1.70 bits per heavy atom. The minimum Gasteiger partial charge on any atom is -0.493 e. The Morgan fingerprint density at radius 1 is 0.970 bits per heavy atom. The third-order valence-electron chi connectivity index (χ3n) is 4.74. The van der Waals surface area contributed by atoms with Crippen molar-refractivity contribution >= 4 is 34.8 Å². The molecule has 0 aliphatic carbocycles. The smallest absolute Gasteiger partial charge is 0.338 e. The molecule has 0 fully saturated rings. The van der Waals surface area contributed by atoms with Gasteiger partial charge in [-0.1, -0.05) is 12.1 Å². The van der Waals surface area contributed by atoms with Gasteiger partial charge in [0, 0.05) is 19.3 Å². The molecule has 8 nitrogen and oxygen atoms in total. The minimum absolute atomic E-state index is 0.219. The summed E-state index contributed by atoms with van der Waals surface area (Å²) in [6, 6.07) is 15.2. The number of esters is 1. The fourth-order valence-electron chi connectivity index (χ4n) is 2.95. The lowest BCUT2D eigenvalue weighted by Crippen LogP contribution is -2.30. The molecule has 1 heterocycles. The highest BCUT2D eigenvalue weighted by atomic mass is 32.1. The molecule has 33 heavy (non-hydrogen) atoms. The third kappa shape index (κ3) is 6.33. The second kappa shape index (κ2) is 11.1. The van der Waals surface area contributed by atoms with E-state index in [4.69, 9.17) is 14.2 Å². The van der Waals surface area contributed by atoms with Gasteiger partial charge in [-0.15, -0.1) is 11.3 Å². The number of hydrogen-bond donors (Lipinski definition) is 1. The molecule has 1 N–H and O–H groups in total. The maximum absolute atomic E-state index is 12.4. The van der Waals surface area contributed by atoms with E-state index in [2.05, 4.69) is 5.32 Å². The average molecular weight is 469 g/mol. The molecule has 0 aliphatic heterocycles. The summed E-state index contributed by atoms with van der Waals surface area (Å²) in [7, 11) is 4.72. The zero-order valence-corrected chi connectivity index (χ0v) is 19.3. The molecule has 2 aromatic carbocycles. The van der Waals surface area contributed by atoms with Gasteiger partial charge in [0.25, 0.3) is 11.8 Å². The van der Waals surface area contributed by atoms with Gasteiger partial charge in [-0.05, 0) is 53.4 Å². The van der Waals surface area contributed by atoms with E-state index in [1.807, 2.05) is 11.4 Å². The first-order chi connectivity index (χ1) is 15.9. The molecular formula is C24H24N2O6S. The number of amides is 2. The quantitative estimate of drug-likeness (QED) is 0.480. The summed E-state index contributed by atoms with van der Waals surface area (Å²) in [6.07, 6.45) is 0. The molecule has 1 aromatic heterocycles. The highest BCUT2D eigenvalue weighted by Gasteiger charge is 2.15. The Morgan fingerprint density at radius 3 is 2.33 bits per heavy atom. The van der Waals surface area contributed by atoms with Gasteiger partial charge in [0.1, 0.15) is 0 Å². The van der Waals surface area contributed by atoms with Crippen LogP contribution >= 0.6 is 11.3 Å². The zero-order valence-electron chi connectivity index (χ0n) is 18.5. The highest BCUT2D eigenvalue weighted by molar-refractivity contribution is 7.12. The van der Waals surface area contributed by atoms with Crippen LogP contribution in [-0.2, 0) is 16.1 Å². The number of carbonyl (C=O) groups is 3. The Bertz CT molecular complexity index is 1110. The molecule has 2 amide bonds. The Kier molecular flexibility index (Phi) is 8.04. The van der Waals surface area contributed by atoms with E-state index in [1.54, 1.807) is 57.7 Å². The van der Waals surface area contributed by atoms with Gasteiger partial charge in [0.15, 0.2) is 18.1 Å². The summed E-state index contributed by atoms with van der Waals surface area (Å²) in [5.41, 5.74) is 1.67. The number of carbonyl (C=O) groups excluding carboxylic acids is 3. The van der Waals surface area contributed by atoms with Crippen molar-refractivity contribution in [3.63, 3.8) is 0 Å². The molecule has 0 unspecified atom stereocenters. The summed E-state index contributed by atoms with van der Waals surface area (Å²) in [6.45, 7) is -0.0745. The molecule has 0 atom stereocenters. The second-order valence-electron chi connectivity index (χ2n) is 7.02. The predicted molar refractivity (Wildman–Crippen MR) is 125 cm³/mol. The van der Waals surface area contributed by atoms with Gasteiger partial charge in [-0.2, -0.15) is 0 Å². The summed E-state index contributed by atoms with van der Waals surface area (Å²) in [5, 5.41) is 4.58. The number of ether oxygens (including phenoxy) is 3. The Labute approximate surface area is 195 Å². The number of hydrogen-bond acceptors (Lipinski definition) is 7. The monoisotopic (exact) mass is 468 g/mol. The van der Waals surface area contributed by atoms with Gasteiger partial charge >= 0.3 is 5.97 Å². The first kappa shape index (κ1) is 23.8. The maximum atomic E-state index is 12.4. The van der Waals surface area contributed by atoms with Crippen molar-refractivity contribution in [1.82, 2.24) is 4.90 Å². The van der Waals surface area contributed by atoms with E-state index in [-0.39, 0.29) is 24.0 Å². The normalized spacial score (nSPS) is 10.3. The molecular weight excluding hydrogens is 444 g/mol. The van der Waals surface area contributed by atoms with Crippen LogP contribution in [0.2, 0.25) is 0 Å². The van der Waals surface area contributed by atoms with Crippen molar-refractivity contribution in [2.24, 2.45) is 0 Å². The lowest BCUT2D eigenvalue weighted by atomic mass is 10.2. The van der Waals surface area contributed by atoms with Crippen molar-refractivity contribution in [2.45, 2.75) is 6.54 Å². The predicted octanol–water partition coefficient (Wildman–Crippen LogP) is 3.83. The zero-order chi connectivity index (χ0) is 23.8. The van der Waals surface area contributed by atoms with E-state index >= 15 is 0 Å². The molecule has 3 aromatic rings. The van der Waals surface area contributed by atoms with Crippen LogP contribution in [0.3, 0.4) is 0 Å². The van der Waals surface area contributed by atoms with E-state index in [9.17, 15) is 14.4 Å². The van der Waals surface area contributed by atoms with Crippen LogP contribution in [0.1, 0.15) is 25.6 Å². The topological polar surface area (TPSA) is 94.2 Å². The van der Waals surface area contributed by atoms with Crippen LogP contribution in [-0.4, -0.2) is 50.6 Å². The fraction of sp³-hybridized carbons (Fsp3) is 0.208. The number of nitrogens with one attached hydrogen (secondary N) is 1. The largest absolute Gasteiger partial charge is 0.493 e. The van der Waals surface area contributed by atoms with Crippen LogP contribution in [0, 0.1) is 0 Å². The summed E-state index contributed by atoms with van der Waals surface area (Å²) in [4.78, 5) is 38.8. The summed E-state index contributed by atoms with van der Waals surface area (Å²) < 4.78 is 15.6. The fourth-order valence-corrected chi connectivity index (χ4v) is 3.57. The van der Waals surface area contributed by atoms with E-state index in [1.165, 1.54) is 28.4 Å². The Balaban J connectivity index is 1.50. The van der Waals surface area contributed by atoms with Crippen LogP contribution < -0.4 is 14.8 Å². The summed E-state index contributed by atoms with van der Waals surface area (Å²) >= 11 is 1.34. The van der Waals surface area contributed by atoms with Crippen LogP contribution in [0.5, 0.6) is 11.5 Å². The molecule has 0 radical (unpaired) electrons. The van der Waals surface area contributed by atoms with Crippen molar-refractivity contribution in [3.05, 3.63) is 76.0 Å². The third-order valence-corrected chi connectivity index (χ3v) is 5.61. The molecule has 3 rings (SSSR count). The number of rotatable bonds is 9. The number of methoxy groups -OCH3 is 2. The van der Waals surface area contributed by atoms with E-state index < -0.39 is 5.97 Å². The lowest BCUT2D eigenvalue weighted by Gasteiger charge is -2.18. The van der Waals surface area contributed by atoms with Crippen molar-refractivity contribution < 1.29 is 28.6 Å². The first-order valence-corrected chi connectivity index (χ1v) is 10.9. The number of benzene rings is 2. The second-order valence-corrected chi connectivity index (χ2v) is 7.97. The number of nitrogens with zero attached hydrogens (tertiary/aromatic N) is 1.